The summed E-state index contributed by atoms with van der Waals surface area (Å²) >= 11 is 12.2. The summed E-state index contributed by atoms with van der Waals surface area (Å²) < 4.78 is 38.5. The van der Waals surface area contributed by atoms with Gasteiger partial charge in [-0.15, -0.1) is 0 Å². The average molecular weight is 495 g/mol. The second-order valence-electron chi connectivity index (χ2n) is 6.53. The normalized spacial score (nSPS) is 11.0. The molecule has 0 aliphatic rings. The first-order valence-electron chi connectivity index (χ1n) is 9.31. The number of carbonyl (C=O) groups excluding carboxylic acids is 1. The fourth-order valence-corrected chi connectivity index (χ4v) is 4.76. The van der Waals surface area contributed by atoms with Crippen LogP contribution < -0.4 is 19.1 Å². The highest BCUT2D eigenvalue weighted by atomic mass is 35.5. The van der Waals surface area contributed by atoms with Gasteiger partial charge in [-0.1, -0.05) is 41.4 Å². The monoisotopic (exact) mass is 494 g/mol. The molecule has 1 N–H and O–H groups in total. The minimum Gasteiger partial charge on any atom is -0.495 e. The Morgan fingerprint density at radius 2 is 1.50 bits per heavy atom. The van der Waals surface area contributed by atoms with Crippen molar-refractivity contribution in [3.63, 3.8) is 0 Å². The minimum absolute atomic E-state index is 0.00941. The van der Waals surface area contributed by atoms with Gasteiger partial charge in [0, 0.05) is 10.0 Å². The molecule has 0 radical (unpaired) electrons. The number of nitrogens with one attached hydrogen (secondary N) is 1. The van der Waals surface area contributed by atoms with Crippen molar-refractivity contribution in [2.24, 2.45) is 0 Å². The highest BCUT2D eigenvalue weighted by molar-refractivity contribution is 7.92. The Morgan fingerprint density at radius 1 is 0.906 bits per heavy atom. The number of rotatable bonds is 8. The van der Waals surface area contributed by atoms with E-state index in [0.717, 1.165) is 4.31 Å². The molecule has 0 saturated heterocycles. The summed E-state index contributed by atoms with van der Waals surface area (Å²) in [6, 6.07) is 17.0. The van der Waals surface area contributed by atoms with E-state index in [9.17, 15) is 13.2 Å². The van der Waals surface area contributed by atoms with Gasteiger partial charge in [-0.05, 0) is 48.5 Å². The Morgan fingerprint density at radius 3 is 2.12 bits per heavy atom. The molecule has 0 spiro atoms. The molecule has 10 heteroatoms. The smallest absolute Gasteiger partial charge is 0.264 e. The van der Waals surface area contributed by atoms with Crippen LogP contribution in [0.15, 0.2) is 71.6 Å². The molecule has 0 aromatic heterocycles. The topological polar surface area (TPSA) is 84.9 Å². The van der Waals surface area contributed by atoms with E-state index in [1.807, 2.05) is 0 Å². The van der Waals surface area contributed by atoms with E-state index in [-0.39, 0.29) is 21.4 Å². The van der Waals surface area contributed by atoms with E-state index in [2.05, 4.69) is 5.32 Å². The number of anilines is 2. The lowest BCUT2D eigenvalue weighted by atomic mass is 10.2. The van der Waals surface area contributed by atoms with E-state index in [4.69, 9.17) is 32.7 Å². The Labute approximate surface area is 196 Å². The molecule has 0 aliphatic heterocycles. The summed E-state index contributed by atoms with van der Waals surface area (Å²) in [5, 5.41) is 3.31. The standard InChI is InChI=1S/C22H20Cl2N2O5S/c1-30-20-10-8-15(23)12-18(20)25-22(27)14-26(19-13-16(24)9-11-21(19)31-2)32(28,29)17-6-4-3-5-7-17/h3-13H,14H2,1-2H3,(H,25,27). The maximum absolute atomic E-state index is 13.5. The molecule has 0 saturated carbocycles. The lowest BCUT2D eigenvalue weighted by molar-refractivity contribution is -0.114. The van der Waals surface area contributed by atoms with Gasteiger partial charge in [0.25, 0.3) is 10.0 Å². The molecular formula is C22H20Cl2N2O5S. The quantitative estimate of drug-likeness (QED) is 0.483. The maximum Gasteiger partial charge on any atom is 0.264 e. The van der Waals surface area contributed by atoms with Gasteiger partial charge in [-0.2, -0.15) is 0 Å². The first kappa shape index (κ1) is 23.7. The molecule has 7 nitrogen and oxygen atoms in total. The van der Waals surface area contributed by atoms with Crippen molar-refractivity contribution in [2.45, 2.75) is 4.90 Å². The van der Waals surface area contributed by atoms with Crippen molar-refractivity contribution in [1.82, 2.24) is 0 Å². The molecule has 0 unspecified atom stereocenters. The van der Waals surface area contributed by atoms with Crippen molar-refractivity contribution in [3.05, 3.63) is 76.8 Å². The highest BCUT2D eigenvalue weighted by Gasteiger charge is 2.30. The van der Waals surface area contributed by atoms with E-state index in [0.29, 0.717) is 16.5 Å². The summed E-state index contributed by atoms with van der Waals surface area (Å²) in [6.45, 7) is -0.552. The van der Waals surface area contributed by atoms with Crippen molar-refractivity contribution in [1.29, 1.82) is 0 Å². The molecule has 0 aliphatic carbocycles. The second kappa shape index (κ2) is 10.1. The van der Waals surface area contributed by atoms with E-state index < -0.39 is 22.5 Å². The van der Waals surface area contributed by atoms with Gasteiger partial charge in [0.2, 0.25) is 5.91 Å². The third-order valence-corrected chi connectivity index (χ3v) is 6.71. The molecule has 3 aromatic rings. The number of amides is 1. The minimum atomic E-state index is -4.14. The van der Waals surface area contributed by atoms with Crippen molar-refractivity contribution >= 4 is 50.5 Å². The van der Waals surface area contributed by atoms with Gasteiger partial charge in [-0.25, -0.2) is 8.42 Å². The molecule has 0 fully saturated rings. The number of halogens is 2. The third-order valence-electron chi connectivity index (χ3n) is 4.46. The number of carbonyl (C=O) groups is 1. The van der Waals surface area contributed by atoms with Gasteiger partial charge in [0.1, 0.15) is 18.0 Å². The zero-order chi connectivity index (χ0) is 23.3. The lowest BCUT2D eigenvalue weighted by Gasteiger charge is -2.26. The van der Waals surface area contributed by atoms with Crippen LogP contribution in [0, 0.1) is 0 Å². The zero-order valence-electron chi connectivity index (χ0n) is 17.2. The number of hydrogen-bond donors (Lipinski definition) is 1. The number of hydrogen-bond acceptors (Lipinski definition) is 5. The fraction of sp³-hybridized carbons (Fsp3) is 0.136. The maximum atomic E-state index is 13.5. The predicted molar refractivity (Wildman–Crippen MR) is 126 cm³/mol. The molecule has 1 amide bonds. The fourth-order valence-electron chi connectivity index (χ4n) is 2.98. The number of sulfonamides is 1. The Hall–Kier alpha value is -2.94. The number of nitrogens with zero attached hydrogens (tertiary/aromatic N) is 1. The van der Waals surface area contributed by atoms with Gasteiger partial charge >= 0.3 is 0 Å². The van der Waals surface area contributed by atoms with Crippen molar-refractivity contribution in [2.75, 3.05) is 30.4 Å². The van der Waals surface area contributed by atoms with Crippen LogP contribution in [-0.2, 0) is 14.8 Å². The van der Waals surface area contributed by atoms with Crippen LogP contribution in [0.1, 0.15) is 0 Å². The Kier molecular flexibility index (Phi) is 7.50. The molecule has 32 heavy (non-hydrogen) atoms. The average Bonchev–Trinajstić information content (AvgIpc) is 2.78. The van der Waals surface area contributed by atoms with E-state index >= 15 is 0 Å². The predicted octanol–water partition coefficient (Wildman–Crippen LogP) is 4.84. The van der Waals surface area contributed by atoms with Crippen LogP contribution in [0.3, 0.4) is 0 Å². The van der Waals surface area contributed by atoms with Crippen LogP contribution in [0.25, 0.3) is 0 Å². The molecule has 0 heterocycles. The Balaban J connectivity index is 2.03. The van der Waals surface area contributed by atoms with Gasteiger partial charge in [0.05, 0.1) is 30.5 Å². The lowest BCUT2D eigenvalue weighted by Crippen LogP contribution is -2.38. The first-order chi connectivity index (χ1) is 15.3. The largest absolute Gasteiger partial charge is 0.495 e. The highest BCUT2D eigenvalue weighted by Crippen LogP contribution is 2.35. The SMILES string of the molecule is COc1ccc(Cl)cc1NC(=O)CN(c1cc(Cl)ccc1OC)S(=O)(=O)c1ccccc1. The molecule has 3 aromatic carbocycles. The molecule has 3 rings (SSSR count). The number of methoxy groups -OCH3 is 2. The zero-order valence-corrected chi connectivity index (χ0v) is 19.5. The summed E-state index contributed by atoms with van der Waals surface area (Å²) in [4.78, 5) is 13.0. The van der Waals surface area contributed by atoms with Crippen molar-refractivity contribution in [3.8, 4) is 11.5 Å². The summed E-state index contributed by atoms with van der Waals surface area (Å²) in [6.07, 6.45) is 0. The molecular weight excluding hydrogens is 475 g/mol. The first-order valence-corrected chi connectivity index (χ1v) is 11.5. The van der Waals surface area contributed by atoms with E-state index in [1.165, 1.54) is 44.6 Å². The van der Waals surface area contributed by atoms with Crippen LogP contribution >= 0.6 is 23.2 Å². The molecule has 168 valence electrons. The number of benzene rings is 3. The van der Waals surface area contributed by atoms with Crippen molar-refractivity contribution < 1.29 is 22.7 Å². The van der Waals surface area contributed by atoms with E-state index in [1.54, 1.807) is 36.4 Å². The van der Waals surface area contributed by atoms with Gasteiger partial charge in [-0.3, -0.25) is 9.10 Å². The summed E-state index contributed by atoms with van der Waals surface area (Å²) in [5.41, 5.74) is 0.428. The van der Waals surface area contributed by atoms with Gasteiger partial charge in [0.15, 0.2) is 0 Å². The number of ether oxygens (including phenoxy) is 2. The molecule has 0 atom stereocenters. The molecule has 0 bridgehead atoms. The summed E-state index contributed by atoms with van der Waals surface area (Å²) in [5.74, 6) is -0.00491. The van der Waals surface area contributed by atoms with Crippen LogP contribution in [-0.4, -0.2) is 35.1 Å². The van der Waals surface area contributed by atoms with Gasteiger partial charge < -0.3 is 14.8 Å². The van der Waals surface area contributed by atoms with Crippen LogP contribution in [0.4, 0.5) is 11.4 Å². The Bertz CT molecular complexity index is 1220. The van der Waals surface area contributed by atoms with Crippen LogP contribution in [0.5, 0.6) is 11.5 Å². The third kappa shape index (κ3) is 5.27. The van der Waals surface area contributed by atoms with Crippen LogP contribution in [0.2, 0.25) is 10.0 Å². The second-order valence-corrected chi connectivity index (χ2v) is 9.27. The summed E-state index contributed by atoms with van der Waals surface area (Å²) in [7, 11) is -1.29.